The lowest BCUT2D eigenvalue weighted by atomic mass is 10.2. The number of para-hydroxylation sites is 1. The molecule has 0 bridgehead atoms. The van der Waals surface area contributed by atoms with Gasteiger partial charge < -0.3 is 4.42 Å². The zero-order valence-electron chi connectivity index (χ0n) is 12.5. The largest absolute Gasteiger partial charge is 0.461 e. The molecule has 0 fully saturated rings. The third-order valence-electron chi connectivity index (χ3n) is 3.47. The number of fused-ring (bicyclic) bond motifs is 1. The van der Waals surface area contributed by atoms with Crippen LogP contribution in [0, 0.1) is 0 Å². The second-order valence-electron chi connectivity index (χ2n) is 5.12. The number of hydrogen-bond acceptors (Lipinski definition) is 5. The molecule has 0 unspecified atom stereocenters. The van der Waals surface area contributed by atoms with E-state index in [-0.39, 0.29) is 0 Å². The highest BCUT2D eigenvalue weighted by Crippen LogP contribution is 2.30. The van der Waals surface area contributed by atoms with Crippen LogP contribution in [0.25, 0.3) is 22.5 Å². The summed E-state index contributed by atoms with van der Waals surface area (Å²) in [5, 5.41) is 2.44. The van der Waals surface area contributed by atoms with E-state index in [9.17, 15) is 0 Å². The van der Waals surface area contributed by atoms with Crippen LogP contribution in [0.1, 0.15) is 5.56 Å². The minimum Gasteiger partial charge on any atom is -0.461 e. The SMILES string of the molecule is Clc1ccc(CSc2nc(-c3ccco3)nc3ccccc23)cn1. The number of nitrogens with zero attached hydrogens (tertiary/aromatic N) is 3. The second-order valence-corrected chi connectivity index (χ2v) is 6.48. The van der Waals surface area contributed by atoms with Gasteiger partial charge in [-0.05, 0) is 29.8 Å². The van der Waals surface area contributed by atoms with Crippen LogP contribution in [-0.4, -0.2) is 15.0 Å². The van der Waals surface area contributed by atoms with Gasteiger partial charge in [0.05, 0.1) is 11.8 Å². The molecule has 4 rings (SSSR count). The van der Waals surface area contributed by atoms with Gasteiger partial charge in [0.2, 0.25) is 0 Å². The van der Waals surface area contributed by atoms with E-state index in [0.29, 0.717) is 16.7 Å². The van der Waals surface area contributed by atoms with Crippen LogP contribution in [-0.2, 0) is 5.75 Å². The van der Waals surface area contributed by atoms with Crippen molar-refractivity contribution in [1.82, 2.24) is 15.0 Å². The summed E-state index contributed by atoms with van der Waals surface area (Å²) >= 11 is 7.48. The van der Waals surface area contributed by atoms with E-state index in [1.165, 1.54) is 0 Å². The van der Waals surface area contributed by atoms with Gasteiger partial charge in [-0.15, -0.1) is 11.8 Å². The van der Waals surface area contributed by atoms with Crippen LogP contribution in [0.4, 0.5) is 0 Å². The van der Waals surface area contributed by atoms with E-state index in [2.05, 4.69) is 15.0 Å². The van der Waals surface area contributed by atoms with Crippen molar-refractivity contribution in [2.75, 3.05) is 0 Å². The minimum absolute atomic E-state index is 0.497. The summed E-state index contributed by atoms with van der Waals surface area (Å²) in [4.78, 5) is 13.4. The Morgan fingerprint density at radius 1 is 1.00 bits per heavy atom. The molecule has 0 N–H and O–H groups in total. The van der Waals surface area contributed by atoms with Crippen molar-refractivity contribution in [3.05, 3.63) is 71.7 Å². The number of benzene rings is 1. The van der Waals surface area contributed by atoms with E-state index >= 15 is 0 Å². The molecule has 0 saturated carbocycles. The molecule has 0 saturated heterocycles. The molecule has 1 aromatic carbocycles. The van der Waals surface area contributed by atoms with Gasteiger partial charge in [0, 0.05) is 17.3 Å². The maximum absolute atomic E-state index is 5.84. The molecule has 3 heterocycles. The molecular formula is C18H12ClN3OS. The Balaban J connectivity index is 1.71. The summed E-state index contributed by atoms with van der Waals surface area (Å²) < 4.78 is 5.44. The number of aromatic nitrogens is 3. The Kier molecular flexibility index (Phi) is 4.19. The summed E-state index contributed by atoms with van der Waals surface area (Å²) in [6.45, 7) is 0. The van der Waals surface area contributed by atoms with Gasteiger partial charge in [-0.1, -0.05) is 35.9 Å². The number of rotatable bonds is 4. The molecule has 0 spiro atoms. The third kappa shape index (κ3) is 3.13. The van der Waals surface area contributed by atoms with Crippen molar-refractivity contribution in [3.8, 4) is 11.6 Å². The fraction of sp³-hybridized carbons (Fsp3) is 0.0556. The first-order chi connectivity index (χ1) is 11.8. The Hall–Kier alpha value is -2.37. The Morgan fingerprint density at radius 3 is 2.71 bits per heavy atom. The van der Waals surface area contributed by atoms with Gasteiger partial charge in [0.25, 0.3) is 0 Å². The van der Waals surface area contributed by atoms with Gasteiger partial charge in [-0.3, -0.25) is 0 Å². The molecule has 0 radical (unpaired) electrons. The fourth-order valence-electron chi connectivity index (χ4n) is 2.32. The first-order valence-corrected chi connectivity index (χ1v) is 8.70. The van der Waals surface area contributed by atoms with Crippen LogP contribution in [0.15, 0.2) is 70.4 Å². The van der Waals surface area contributed by atoms with Crippen molar-refractivity contribution >= 4 is 34.3 Å². The molecule has 24 heavy (non-hydrogen) atoms. The molecule has 0 amide bonds. The van der Waals surface area contributed by atoms with Crippen molar-refractivity contribution in [2.24, 2.45) is 0 Å². The highest BCUT2D eigenvalue weighted by atomic mass is 35.5. The van der Waals surface area contributed by atoms with Crippen LogP contribution in [0.3, 0.4) is 0 Å². The smallest absolute Gasteiger partial charge is 0.197 e. The predicted octanol–water partition coefficient (Wildman–Crippen LogP) is 5.23. The Bertz CT molecular complexity index is 971. The van der Waals surface area contributed by atoms with Crippen molar-refractivity contribution < 1.29 is 4.42 Å². The number of furan rings is 1. The van der Waals surface area contributed by atoms with E-state index < -0.39 is 0 Å². The highest BCUT2D eigenvalue weighted by Gasteiger charge is 2.11. The van der Waals surface area contributed by atoms with E-state index in [4.69, 9.17) is 16.0 Å². The second kappa shape index (κ2) is 6.63. The zero-order valence-corrected chi connectivity index (χ0v) is 14.1. The molecular weight excluding hydrogens is 342 g/mol. The standard InChI is InChI=1S/C18H12ClN3OS/c19-16-8-7-12(10-20-16)11-24-18-13-4-1-2-5-14(13)21-17(22-18)15-6-3-9-23-15/h1-10H,11H2. The monoisotopic (exact) mass is 353 g/mol. The van der Waals surface area contributed by atoms with Crippen LogP contribution in [0.5, 0.6) is 0 Å². The molecule has 0 aliphatic heterocycles. The summed E-state index contributed by atoms with van der Waals surface area (Å²) in [5.41, 5.74) is 1.99. The molecule has 0 atom stereocenters. The first-order valence-electron chi connectivity index (χ1n) is 7.33. The van der Waals surface area contributed by atoms with Gasteiger partial charge in [0.1, 0.15) is 10.2 Å². The van der Waals surface area contributed by atoms with Crippen LogP contribution in [0.2, 0.25) is 5.15 Å². The predicted molar refractivity (Wildman–Crippen MR) is 96.0 cm³/mol. The maximum atomic E-state index is 5.84. The topological polar surface area (TPSA) is 51.8 Å². The summed E-state index contributed by atoms with van der Waals surface area (Å²) in [6, 6.07) is 15.4. The van der Waals surface area contributed by atoms with Crippen LogP contribution < -0.4 is 0 Å². The minimum atomic E-state index is 0.497. The normalized spacial score (nSPS) is 11.0. The molecule has 118 valence electrons. The summed E-state index contributed by atoms with van der Waals surface area (Å²) in [5.74, 6) is 2.01. The van der Waals surface area contributed by atoms with Crippen LogP contribution >= 0.6 is 23.4 Å². The number of thioether (sulfide) groups is 1. The summed E-state index contributed by atoms with van der Waals surface area (Å²) in [6.07, 6.45) is 3.41. The average Bonchev–Trinajstić information content (AvgIpc) is 3.15. The van der Waals surface area contributed by atoms with Gasteiger partial charge in [-0.2, -0.15) is 0 Å². The quantitative estimate of drug-likeness (QED) is 0.285. The number of hydrogen-bond donors (Lipinski definition) is 0. The number of halogens is 1. The maximum Gasteiger partial charge on any atom is 0.197 e. The summed E-state index contributed by atoms with van der Waals surface area (Å²) in [7, 11) is 0. The zero-order chi connectivity index (χ0) is 16.4. The molecule has 3 aromatic heterocycles. The molecule has 0 aliphatic carbocycles. The van der Waals surface area contributed by atoms with Crippen molar-refractivity contribution in [2.45, 2.75) is 10.8 Å². The molecule has 4 aromatic rings. The lowest BCUT2D eigenvalue weighted by molar-refractivity contribution is 0.577. The highest BCUT2D eigenvalue weighted by molar-refractivity contribution is 7.98. The molecule has 6 heteroatoms. The van der Waals surface area contributed by atoms with E-state index in [1.807, 2.05) is 42.5 Å². The Labute approximate surface area is 147 Å². The van der Waals surface area contributed by atoms with Gasteiger partial charge in [-0.25, -0.2) is 15.0 Å². The molecule has 0 aliphatic rings. The lowest BCUT2D eigenvalue weighted by Crippen LogP contribution is -1.93. The average molecular weight is 354 g/mol. The van der Waals surface area contributed by atoms with Crippen molar-refractivity contribution in [3.63, 3.8) is 0 Å². The molecule has 4 nitrogen and oxygen atoms in total. The fourth-order valence-corrected chi connectivity index (χ4v) is 3.38. The first kappa shape index (κ1) is 15.2. The number of pyridine rings is 1. The van der Waals surface area contributed by atoms with E-state index in [0.717, 1.165) is 27.2 Å². The lowest BCUT2D eigenvalue weighted by Gasteiger charge is -2.07. The van der Waals surface area contributed by atoms with Gasteiger partial charge >= 0.3 is 0 Å². The van der Waals surface area contributed by atoms with Gasteiger partial charge in [0.15, 0.2) is 11.6 Å². The van der Waals surface area contributed by atoms with Crippen molar-refractivity contribution in [1.29, 1.82) is 0 Å². The third-order valence-corrected chi connectivity index (χ3v) is 4.76. The van der Waals surface area contributed by atoms with E-state index in [1.54, 1.807) is 30.3 Å². The Morgan fingerprint density at radius 2 is 1.92 bits per heavy atom.